The maximum Gasteiger partial charge on any atom is 0.254 e. The van der Waals surface area contributed by atoms with E-state index in [1.54, 1.807) is 17.0 Å². The van der Waals surface area contributed by atoms with E-state index in [9.17, 15) is 14.0 Å². The minimum atomic E-state index is -1.14. The molecule has 1 aliphatic carbocycles. The lowest BCUT2D eigenvalue weighted by atomic mass is 9.87. The fourth-order valence-corrected chi connectivity index (χ4v) is 4.13. The van der Waals surface area contributed by atoms with Crippen molar-refractivity contribution in [3.63, 3.8) is 0 Å². The second-order valence-electron chi connectivity index (χ2n) is 8.50. The van der Waals surface area contributed by atoms with E-state index in [2.05, 4.69) is 5.32 Å². The van der Waals surface area contributed by atoms with E-state index in [0.717, 1.165) is 36.0 Å². The standard InChI is InChI=1S/C25H29FN2O3/c1-2-5-23(29)28-14-15-31-25(17-28,24(30)27-21-12-13-21)16-19-6-3-4-7-22(19)18-8-10-20(26)11-9-18/h3-4,6-11,21H,2,5,12-17H2,1H3,(H,27,30)/t25-/m0/s1. The van der Waals surface area contributed by atoms with Gasteiger partial charge in [-0.1, -0.05) is 43.3 Å². The Kier molecular flexibility index (Phi) is 6.37. The van der Waals surface area contributed by atoms with Crippen molar-refractivity contribution in [1.82, 2.24) is 10.2 Å². The van der Waals surface area contributed by atoms with E-state index >= 15 is 0 Å². The lowest BCUT2D eigenvalue weighted by molar-refractivity contribution is -0.166. The minimum absolute atomic E-state index is 0.0567. The second kappa shape index (κ2) is 9.18. The van der Waals surface area contributed by atoms with Gasteiger partial charge in [-0.25, -0.2) is 4.39 Å². The number of rotatable bonds is 7. The van der Waals surface area contributed by atoms with Crippen molar-refractivity contribution in [1.29, 1.82) is 0 Å². The van der Waals surface area contributed by atoms with E-state index in [1.807, 2.05) is 31.2 Å². The Bertz CT molecular complexity index is 942. The molecular weight excluding hydrogens is 395 g/mol. The Morgan fingerprint density at radius 2 is 1.90 bits per heavy atom. The smallest absolute Gasteiger partial charge is 0.254 e. The van der Waals surface area contributed by atoms with Gasteiger partial charge in [-0.3, -0.25) is 9.59 Å². The summed E-state index contributed by atoms with van der Waals surface area (Å²) in [6, 6.07) is 14.3. The molecule has 1 aliphatic heterocycles. The highest BCUT2D eigenvalue weighted by Crippen LogP contribution is 2.32. The van der Waals surface area contributed by atoms with Crippen LogP contribution in [0.3, 0.4) is 0 Å². The maximum absolute atomic E-state index is 13.4. The van der Waals surface area contributed by atoms with Crippen LogP contribution in [0.15, 0.2) is 48.5 Å². The first-order chi connectivity index (χ1) is 15.0. The molecule has 1 saturated carbocycles. The molecule has 164 valence electrons. The van der Waals surface area contributed by atoms with Crippen LogP contribution >= 0.6 is 0 Å². The number of carbonyl (C=O) groups excluding carboxylic acids is 2. The third-order valence-electron chi connectivity index (χ3n) is 5.98. The molecule has 2 aliphatic rings. The first-order valence-corrected chi connectivity index (χ1v) is 11.1. The highest BCUT2D eigenvalue weighted by molar-refractivity contribution is 5.88. The largest absolute Gasteiger partial charge is 0.361 e. The van der Waals surface area contributed by atoms with Gasteiger partial charge in [-0.05, 0) is 48.1 Å². The van der Waals surface area contributed by atoms with Crippen LogP contribution in [0, 0.1) is 5.82 Å². The molecule has 0 radical (unpaired) electrons. The molecule has 1 N–H and O–H groups in total. The molecule has 1 heterocycles. The van der Waals surface area contributed by atoms with Crippen molar-refractivity contribution in [2.24, 2.45) is 0 Å². The number of ether oxygens (including phenoxy) is 1. The molecule has 1 saturated heterocycles. The lowest BCUT2D eigenvalue weighted by Gasteiger charge is -2.42. The number of nitrogens with zero attached hydrogens (tertiary/aromatic N) is 1. The zero-order valence-electron chi connectivity index (χ0n) is 17.9. The summed E-state index contributed by atoms with van der Waals surface area (Å²) in [6.45, 7) is 3.04. The zero-order valence-corrected chi connectivity index (χ0v) is 17.9. The molecule has 4 rings (SSSR count). The van der Waals surface area contributed by atoms with Gasteiger partial charge < -0.3 is 15.0 Å². The van der Waals surface area contributed by atoms with E-state index in [-0.39, 0.29) is 30.2 Å². The Hall–Kier alpha value is -2.73. The van der Waals surface area contributed by atoms with E-state index in [1.165, 1.54) is 12.1 Å². The van der Waals surface area contributed by atoms with Crippen LogP contribution < -0.4 is 5.32 Å². The van der Waals surface area contributed by atoms with E-state index < -0.39 is 5.60 Å². The summed E-state index contributed by atoms with van der Waals surface area (Å²) < 4.78 is 19.6. The van der Waals surface area contributed by atoms with Gasteiger partial charge >= 0.3 is 0 Å². The van der Waals surface area contributed by atoms with Crippen LogP contribution in [-0.2, 0) is 20.7 Å². The summed E-state index contributed by atoms with van der Waals surface area (Å²) >= 11 is 0. The first-order valence-electron chi connectivity index (χ1n) is 11.1. The molecular formula is C25H29FN2O3. The molecule has 2 fully saturated rings. The fraction of sp³-hybridized carbons (Fsp3) is 0.440. The van der Waals surface area contributed by atoms with Gasteiger partial charge in [0.15, 0.2) is 5.60 Å². The normalized spacial score (nSPS) is 21.0. The number of amides is 2. The van der Waals surface area contributed by atoms with Crippen molar-refractivity contribution < 1.29 is 18.7 Å². The summed E-state index contributed by atoms with van der Waals surface area (Å²) in [7, 11) is 0. The van der Waals surface area contributed by atoms with Crippen LogP contribution in [0.4, 0.5) is 4.39 Å². The van der Waals surface area contributed by atoms with Crippen molar-refractivity contribution >= 4 is 11.8 Å². The Labute approximate surface area is 182 Å². The third kappa shape index (κ3) is 4.96. The first kappa shape index (κ1) is 21.5. The molecule has 5 nitrogen and oxygen atoms in total. The van der Waals surface area contributed by atoms with Crippen LogP contribution in [0.25, 0.3) is 11.1 Å². The Balaban J connectivity index is 1.66. The highest BCUT2D eigenvalue weighted by Gasteiger charge is 2.46. The van der Waals surface area contributed by atoms with Gasteiger partial charge in [-0.15, -0.1) is 0 Å². The molecule has 0 unspecified atom stereocenters. The summed E-state index contributed by atoms with van der Waals surface area (Å²) in [6.07, 6.45) is 3.53. The van der Waals surface area contributed by atoms with Gasteiger partial charge in [0.2, 0.25) is 5.91 Å². The quantitative estimate of drug-likeness (QED) is 0.737. The summed E-state index contributed by atoms with van der Waals surface area (Å²) in [5.74, 6) is -0.388. The predicted molar refractivity (Wildman–Crippen MR) is 117 cm³/mol. The number of hydrogen-bond donors (Lipinski definition) is 1. The lowest BCUT2D eigenvalue weighted by Crippen LogP contribution is -2.62. The summed E-state index contributed by atoms with van der Waals surface area (Å²) in [5, 5.41) is 3.09. The number of nitrogens with one attached hydrogen (secondary N) is 1. The molecule has 0 spiro atoms. The molecule has 6 heteroatoms. The van der Waals surface area contributed by atoms with Gasteiger partial charge in [0, 0.05) is 25.4 Å². The molecule has 2 aromatic carbocycles. The second-order valence-corrected chi connectivity index (χ2v) is 8.50. The summed E-state index contributed by atoms with van der Waals surface area (Å²) in [4.78, 5) is 27.8. The molecule has 0 bridgehead atoms. The average molecular weight is 425 g/mol. The number of halogens is 1. The number of hydrogen-bond acceptors (Lipinski definition) is 3. The molecule has 1 atom stereocenters. The highest BCUT2D eigenvalue weighted by atomic mass is 19.1. The van der Waals surface area contributed by atoms with E-state index in [4.69, 9.17) is 4.74 Å². The number of carbonyl (C=O) groups is 2. The Morgan fingerprint density at radius 3 is 2.61 bits per heavy atom. The topological polar surface area (TPSA) is 58.6 Å². The van der Waals surface area contributed by atoms with Crippen LogP contribution in [0.2, 0.25) is 0 Å². The van der Waals surface area contributed by atoms with Crippen molar-refractivity contribution in [2.75, 3.05) is 19.7 Å². The monoisotopic (exact) mass is 424 g/mol. The van der Waals surface area contributed by atoms with Gasteiger partial charge in [-0.2, -0.15) is 0 Å². The molecule has 31 heavy (non-hydrogen) atoms. The van der Waals surface area contributed by atoms with Crippen molar-refractivity contribution in [3.05, 3.63) is 59.9 Å². The van der Waals surface area contributed by atoms with Crippen LogP contribution in [-0.4, -0.2) is 48.1 Å². The SMILES string of the molecule is CCCC(=O)N1CCO[C@](Cc2ccccc2-c2ccc(F)cc2)(C(=O)NC2CC2)C1. The van der Waals surface area contributed by atoms with Gasteiger partial charge in [0.05, 0.1) is 13.2 Å². The van der Waals surface area contributed by atoms with Crippen LogP contribution in [0.5, 0.6) is 0 Å². The molecule has 2 amide bonds. The molecule has 0 aromatic heterocycles. The van der Waals surface area contributed by atoms with Crippen molar-refractivity contribution in [2.45, 2.75) is 50.7 Å². The average Bonchev–Trinajstić information content (AvgIpc) is 3.59. The predicted octanol–water partition coefficient (Wildman–Crippen LogP) is 3.71. The maximum atomic E-state index is 13.4. The zero-order chi connectivity index (χ0) is 21.8. The number of morpholine rings is 1. The number of benzene rings is 2. The van der Waals surface area contributed by atoms with Crippen LogP contribution in [0.1, 0.15) is 38.2 Å². The fourth-order valence-electron chi connectivity index (χ4n) is 4.13. The molecule has 2 aromatic rings. The minimum Gasteiger partial charge on any atom is -0.361 e. The summed E-state index contributed by atoms with van der Waals surface area (Å²) in [5.41, 5.74) is 1.61. The van der Waals surface area contributed by atoms with Gasteiger partial charge in [0.1, 0.15) is 5.82 Å². The third-order valence-corrected chi connectivity index (χ3v) is 5.98. The van der Waals surface area contributed by atoms with Gasteiger partial charge in [0.25, 0.3) is 5.91 Å². The van der Waals surface area contributed by atoms with E-state index in [0.29, 0.717) is 26.0 Å². The Morgan fingerprint density at radius 1 is 1.16 bits per heavy atom. The van der Waals surface area contributed by atoms with Crippen molar-refractivity contribution in [3.8, 4) is 11.1 Å².